The van der Waals surface area contributed by atoms with Gasteiger partial charge in [0.05, 0.1) is 0 Å². The van der Waals surface area contributed by atoms with Gasteiger partial charge >= 0.3 is 0 Å². The zero-order valence-corrected chi connectivity index (χ0v) is 9.31. The summed E-state index contributed by atoms with van der Waals surface area (Å²) >= 11 is 0. The number of rotatable bonds is 1. The number of piperidine rings is 1. The van der Waals surface area contributed by atoms with Crippen molar-refractivity contribution in [2.45, 2.75) is 12.8 Å². The SMILES string of the molecule is [CH2-]CC1CCNCC1[CH2-].[Y]. The Kier molecular flexibility index (Phi) is 6.29. The maximum Gasteiger partial charge on any atom is 0 e. The summed E-state index contributed by atoms with van der Waals surface area (Å²) in [7, 11) is 0. The molecule has 1 aliphatic heterocycles. The molecule has 10 heavy (non-hydrogen) atoms. The Balaban J connectivity index is 0.000000810. The molecular weight excluding hydrogens is 199 g/mol. The molecule has 1 radical (unpaired) electrons. The zero-order chi connectivity index (χ0) is 6.69. The minimum absolute atomic E-state index is 0. The van der Waals surface area contributed by atoms with E-state index in [9.17, 15) is 0 Å². The van der Waals surface area contributed by atoms with E-state index in [0.717, 1.165) is 25.4 Å². The van der Waals surface area contributed by atoms with E-state index in [1.54, 1.807) is 0 Å². The molecule has 0 aromatic heterocycles. The van der Waals surface area contributed by atoms with Crippen molar-refractivity contribution in [1.82, 2.24) is 5.32 Å². The van der Waals surface area contributed by atoms with Gasteiger partial charge < -0.3 is 19.2 Å². The molecule has 1 heterocycles. The van der Waals surface area contributed by atoms with Gasteiger partial charge in [-0.1, -0.05) is 5.92 Å². The largest absolute Gasteiger partial charge is 0.343 e. The maximum atomic E-state index is 4.05. The molecule has 0 bridgehead atoms. The maximum absolute atomic E-state index is 4.05. The summed E-state index contributed by atoms with van der Waals surface area (Å²) in [6, 6.07) is 0. The van der Waals surface area contributed by atoms with Crippen molar-refractivity contribution in [3.05, 3.63) is 13.8 Å². The molecule has 1 rings (SSSR count). The quantitative estimate of drug-likeness (QED) is 0.648. The summed E-state index contributed by atoms with van der Waals surface area (Å²) in [5.41, 5.74) is 0. The van der Waals surface area contributed by atoms with E-state index in [0.29, 0.717) is 5.92 Å². The molecule has 1 fully saturated rings. The van der Waals surface area contributed by atoms with Crippen LogP contribution in [-0.2, 0) is 32.7 Å². The van der Waals surface area contributed by atoms with Crippen LogP contribution in [-0.4, -0.2) is 13.1 Å². The molecule has 1 N–H and O–H groups in total. The Labute approximate surface area is 89.2 Å². The summed E-state index contributed by atoms with van der Waals surface area (Å²) < 4.78 is 0. The van der Waals surface area contributed by atoms with Crippen molar-refractivity contribution < 1.29 is 32.7 Å². The fourth-order valence-corrected chi connectivity index (χ4v) is 1.36. The van der Waals surface area contributed by atoms with Crippen LogP contribution in [0.25, 0.3) is 0 Å². The van der Waals surface area contributed by atoms with Gasteiger partial charge in [0.2, 0.25) is 0 Å². The molecule has 1 nitrogen and oxygen atoms in total. The Hall–Kier alpha value is 1.06. The molecule has 1 saturated heterocycles. The summed E-state index contributed by atoms with van der Waals surface area (Å²) in [6.45, 7) is 10.2. The van der Waals surface area contributed by atoms with Crippen LogP contribution in [0.2, 0.25) is 0 Å². The number of nitrogens with one attached hydrogen (secondary N) is 1. The summed E-state index contributed by atoms with van der Waals surface area (Å²) in [5, 5.41) is 3.31. The average Bonchev–Trinajstić information content (AvgIpc) is 1.89. The third-order valence-electron chi connectivity index (χ3n) is 2.14. The second kappa shape index (κ2) is 5.68. The second-order valence-corrected chi connectivity index (χ2v) is 2.80. The van der Waals surface area contributed by atoms with Gasteiger partial charge in [0, 0.05) is 32.7 Å². The fraction of sp³-hybridized carbons (Fsp3) is 0.750. The first-order valence-electron chi connectivity index (χ1n) is 3.67. The Morgan fingerprint density at radius 1 is 1.50 bits per heavy atom. The molecule has 1 aliphatic rings. The molecule has 0 amide bonds. The molecule has 2 heteroatoms. The van der Waals surface area contributed by atoms with Crippen molar-refractivity contribution in [2.24, 2.45) is 11.8 Å². The van der Waals surface area contributed by atoms with Crippen molar-refractivity contribution in [2.75, 3.05) is 13.1 Å². The molecule has 0 aromatic rings. The molecule has 0 spiro atoms. The zero-order valence-electron chi connectivity index (χ0n) is 6.47. The summed E-state index contributed by atoms with van der Waals surface area (Å²) in [5.74, 6) is 1.36. The topological polar surface area (TPSA) is 12.0 Å². The fourth-order valence-electron chi connectivity index (χ4n) is 1.36. The van der Waals surface area contributed by atoms with Gasteiger partial charge in [0.15, 0.2) is 0 Å². The first-order valence-corrected chi connectivity index (χ1v) is 3.67. The van der Waals surface area contributed by atoms with Crippen LogP contribution in [0.1, 0.15) is 12.8 Å². The van der Waals surface area contributed by atoms with Crippen molar-refractivity contribution in [3.8, 4) is 0 Å². The number of hydrogen-bond donors (Lipinski definition) is 1. The van der Waals surface area contributed by atoms with Gasteiger partial charge in [-0.05, 0) is 19.5 Å². The smallest absolute Gasteiger partial charge is 0 e. The molecule has 0 saturated carbocycles. The molecule has 0 aromatic carbocycles. The van der Waals surface area contributed by atoms with Crippen molar-refractivity contribution in [1.29, 1.82) is 0 Å². The predicted octanol–water partition coefficient (Wildman–Crippen LogP) is 1.27. The van der Waals surface area contributed by atoms with Gasteiger partial charge in [-0.15, -0.1) is 0 Å². The van der Waals surface area contributed by atoms with E-state index < -0.39 is 0 Å². The van der Waals surface area contributed by atoms with Crippen LogP contribution in [0.3, 0.4) is 0 Å². The normalized spacial score (nSPS) is 33.0. The standard InChI is InChI=1S/C8H15N.Y/c1-3-8-4-5-9-6-7(8)2;/h7-9H,1-6H2;/q-2;. The van der Waals surface area contributed by atoms with E-state index in [1.807, 2.05) is 0 Å². The van der Waals surface area contributed by atoms with Crippen LogP contribution in [0.4, 0.5) is 0 Å². The molecule has 2 atom stereocenters. The van der Waals surface area contributed by atoms with Gasteiger partial charge in [-0.25, -0.2) is 0 Å². The van der Waals surface area contributed by atoms with Crippen molar-refractivity contribution >= 4 is 0 Å². The average molecular weight is 214 g/mol. The summed E-state index contributed by atoms with van der Waals surface area (Å²) in [4.78, 5) is 0. The first-order chi connectivity index (χ1) is 4.34. The first kappa shape index (κ1) is 11.1. The van der Waals surface area contributed by atoms with Gasteiger partial charge in [-0.3, -0.25) is 0 Å². The van der Waals surface area contributed by atoms with Crippen LogP contribution in [0.5, 0.6) is 0 Å². The second-order valence-electron chi connectivity index (χ2n) is 2.80. The molecular formula is C8H15NY-2. The third kappa shape index (κ3) is 2.98. The van der Waals surface area contributed by atoms with Crippen LogP contribution < -0.4 is 5.32 Å². The van der Waals surface area contributed by atoms with Gasteiger partial charge in [0.25, 0.3) is 0 Å². The minimum atomic E-state index is 0. The van der Waals surface area contributed by atoms with Crippen LogP contribution >= 0.6 is 0 Å². The Morgan fingerprint density at radius 3 is 2.60 bits per heavy atom. The predicted molar refractivity (Wildman–Crippen MR) is 39.8 cm³/mol. The van der Waals surface area contributed by atoms with Crippen molar-refractivity contribution in [3.63, 3.8) is 0 Å². The molecule has 57 valence electrons. The molecule has 0 aliphatic carbocycles. The third-order valence-corrected chi connectivity index (χ3v) is 2.14. The Morgan fingerprint density at radius 2 is 2.20 bits per heavy atom. The van der Waals surface area contributed by atoms with E-state index in [1.165, 1.54) is 6.42 Å². The van der Waals surface area contributed by atoms with Crippen LogP contribution in [0, 0.1) is 25.7 Å². The monoisotopic (exact) mass is 214 g/mol. The minimum Gasteiger partial charge on any atom is -0.343 e. The Bertz CT molecular complexity index is 85.3. The van der Waals surface area contributed by atoms with E-state index in [2.05, 4.69) is 19.2 Å². The van der Waals surface area contributed by atoms with Gasteiger partial charge in [-0.2, -0.15) is 12.3 Å². The van der Waals surface area contributed by atoms with Crippen LogP contribution in [0.15, 0.2) is 0 Å². The van der Waals surface area contributed by atoms with E-state index >= 15 is 0 Å². The number of hydrogen-bond acceptors (Lipinski definition) is 1. The molecule has 2 unspecified atom stereocenters. The summed E-state index contributed by atoms with van der Waals surface area (Å²) in [6.07, 6.45) is 2.31. The van der Waals surface area contributed by atoms with E-state index in [4.69, 9.17) is 0 Å². The van der Waals surface area contributed by atoms with E-state index in [-0.39, 0.29) is 32.7 Å². The van der Waals surface area contributed by atoms with Gasteiger partial charge in [0.1, 0.15) is 0 Å².